The highest BCUT2D eigenvalue weighted by molar-refractivity contribution is 7.96. The average Bonchev–Trinajstić information content (AvgIpc) is 1.88. The first kappa shape index (κ1) is 9.82. The minimum absolute atomic E-state index is 0.128. The number of nitrogens with zero attached hydrogens (tertiary/aromatic N) is 1. The Morgan fingerprint density at radius 1 is 1.60 bits per heavy atom. The zero-order chi connectivity index (χ0) is 8.15. The largest absolute Gasteiger partial charge is 0.331 e. The SMILES string of the molecule is CCC(C)N(CC)C(=O)S. The number of carbonyl (C=O) groups is 1. The fourth-order valence-corrected chi connectivity index (χ4v) is 1.19. The van der Waals surface area contributed by atoms with Gasteiger partial charge in [-0.15, -0.1) is 0 Å². The van der Waals surface area contributed by atoms with Gasteiger partial charge >= 0.3 is 0 Å². The average molecular weight is 161 g/mol. The Morgan fingerprint density at radius 3 is 2.20 bits per heavy atom. The third-order valence-electron chi connectivity index (χ3n) is 1.71. The van der Waals surface area contributed by atoms with Crippen molar-refractivity contribution in [2.24, 2.45) is 0 Å². The summed E-state index contributed by atoms with van der Waals surface area (Å²) < 4.78 is 0. The Labute approximate surface area is 68.0 Å². The molecule has 0 aliphatic carbocycles. The van der Waals surface area contributed by atoms with Crippen LogP contribution in [0.15, 0.2) is 0 Å². The van der Waals surface area contributed by atoms with Crippen LogP contribution in [0.4, 0.5) is 4.79 Å². The summed E-state index contributed by atoms with van der Waals surface area (Å²) in [4.78, 5) is 12.5. The Balaban J connectivity index is 3.92. The smallest absolute Gasteiger partial charge is 0.278 e. The van der Waals surface area contributed by atoms with Crippen LogP contribution >= 0.6 is 12.6 Å². The highest BCUT2D eigenvalue weighted by Crippen LogP contribution is 2.05. The molecule has 2 nitrogen and oxygen atoms in total. The summed E-state index contributed by atoms with van der Waals surface area (Å²) in [6.07, 6.45) is 0.986. The van der Waals surface area contributed by atoms with Gasteiger partial charge in [-0.1, -0.05) is 19.6 Å². The molecule has 0 bridgehead atoms. The highest BCUT2D eigenvalue weighted by atomic mass is 32.1. The van der Waals surface area contributed by atoms with Crippen LogP contribution in [0.1, 0.15) is 27.2 Å². The van der Waals surface area contributed by atoms with Crippen LogP contribution in [0, 0.1) is 0 Å². The van der Waals surface area contributed by atoms with E-state index in [1.54, 1.807) is 4.90 Å². The molecule has 0 radical (unpaired) electrons. The van der Waals surface area contributed by atoms with Crippen molar-refractivity contribution in [3.05, 3.63) is 0 Å². The van der Waals surface area contributed by atoms with Gasteiger partial charge in [0.1, 0.15) is 0 Å². The van der Waals surface area contributed by atoms with E-state index in [1.165, 1.54) is 0 Å². The van der Waals surface area contributed by atoms with Crippen molar-refractivity contribution in [1.82, 2.24) is 4.90 Å². The summed E-state index contributed by atoms with van der Waals surface area (Å²) in [7, 11) is 0. The number of hydrogen-bond donors (Lipinski definition) is 1. The lowest BCUT2D eigenvalue weighted by Gasteiger charge is -2.24. The maximum Gasteiger partial charge on any atom is 0.278 e. The molecule has 0 aliphatic rings. The van der Waals surface area contributed by atoms with E-state index in [0.717, 1.165) is 13.0 Å². The third-order valence-corrected chi connectivity index (χ3v) is 1.97. The molecule has 60 valence electrons. The van der Waals surface area contributed by atoms with Gasteiger partial charge in [-0.2, -0.15) is 0 Å². The lowest BCUT2D eigenvalue weighted by Crippen LogP contribution is -2.34. The van der Waals surface area contributed by atoms with Gasteiger partial charge in [-0.25, -0.2) is 0 Å². The molecule has 0 spiro atoms. The van der Waals surface area contributed by atoms with E-state index in [1.807, 2.05) is 13.8 Å². The Hall–Kier alpha value is -0.180. The first-order valence-electron chi connectivity index (χ1n) is 3.63. The lowest BCUT2D eigenvalue weighted by molar-refractivity contribution is 0.206. The van der Waals surface area contributed by atoms with Crippen molar-refractivity contribution in [2.45, 2.75) is 33.2 Å². The predicted molar refractivity (Wildman–Crippen MR) is 46.5 cm³/mol. The molecule has 0 aromatic heterocycles. The molecule has 0 rings (SSSR count). The van der Waals surface area contributed by atoms with E-state index in [2.05, 4.69) is 19.6 Å². The minimum Gasteiger partial charge on any atom is -0.331 e. The molecule has 0 aromatic rings. The van der Waals surface area contributed by atoms with Gasteiger partial charge < -0.3 is 4.90 Å². The number of hydrogen-bond acceptors (Lipinski definition) is 1. The van der Waals surface area contributed by atoms with Crippen molar-refractivity contribution in [2.75, 3.05) is 6.54 Å². The number of rotatable bonds is 3. The van der Waals surface area contributed by atoms with Crippen LogP contribution in [0.25, 0.3) is 0 Å². The molecule has 0 aromatic carbocycles. The van der Waals surface area contributed by atoms with Crippen molar-refractivity contribution < 1.29 is 4.79 Å². The predicted octanol–water partition coefficient (Wildman–Crippen LogP) is 2.16. The zero-order valence-electron chi connectivity index (χ0n) is 6.79. The Bertz CT molecular complexity index is 116. The minimum atomic E-state index is -0.128. The van der Waals surface area contributed by atoms with E-state index >= 15 is 0 Å². The molecular weight excluding hydrogens is 146 g/mol. The van der Waals surface area contributed by atoms with E-state index in [4.69, 9.17) is 0 Å². The summed E-state index contributed by atoms with van der Waals surface area (Å²) in [5, 5.41) is -0.128. The molecule has 0 fully saturated rings. The second kappa shape index (κ2) is 4.61. The number of amides is 1. The van der Waals surface area contributed by atoms with E-state index in [9.17, 15) is 4.79 Å². The highest BCUT2D eigenvalue weighted by Gasteiger charge is 2.12. The van der Waals surface area contributed by atoms with Crippen LogP contribution in [-0.2, 0) is 0 Å². The van der Waals surface area contributed by atoms with Crippen molar-refractivity contribution in [3.8, 4) is 0 Å². The van der Waals surface area contributed by atoms with Crippen LogP contribution in [0.3, 0.4) is 0 Å². The summed E-state index contributed by atoms with van der Waals surface area (Å²) in [5.74, 6) is 0. The second-order valence-electron chi connectivity index (χ2n) is 2.33. The van der Waals surface area contributed by atoms with Crippen LogP contribution in [0.5, 0.6) is 0 Å². The fraction of sp³-hybridized carbons (Fsp3) is 0.857. The second-order valence-corrected chi connectivity index (χ2v) is 2.71. The van der Waals surface area contributed by atoms with E-state index in [0.29, 0.717) is 6.04 Å². The molecule has 1 atom stereocenters. The van der Waals surface area contributed by atoms with Gasteiger partial charge in [0.05, 0.1) is 0 Å². The normalized spacial score (nSPS) is 12.8. The van der Waals surface area contributed by atoms with Crippen LogP contribution in [-0.4, -0.2) is 22.7 Å². The first-order valence-corrected chi connectivity index (χ1v) is 4.07. The first-order chi connectivity index (χ1) is 4.63. The quantitative estimate of drug-likeness (QED) is 0.629. The monoisotopic (exact) mass is 161 g/mol. The number of thiol groups is 1. The lowest BCUT2D eigenvalue weighted by atomic mass is 10.2. The molecule has 10 heavy (non-hydrogen) atoms. The molecule has 1 unspecified atom stereocenters. The Morgan fingerprint density at radius 2 is 2.10 bits per heavy atom. The third kappa shape index (κ3) is 2.60. The van der Waals surface area contributed by atoms with Crippen molar-refractivity contribution in [1.29, 1.82) is 0 Å². The van der Waals surface area contributed by atoms with Gasteiger partial charge in [0.25, 0.3) is 5.24 Å². The van der Waals surface area contributed by atoms with Gasteiger partial charge in [-0.3, -0.25) is 4.79 Å². The standard InChI is InChI=1S/C7H15NOS/c1-4-6(3)8(5-2)7(9)10/h6H,4-5H2,1-3H3,(H,9,10). The van der Waals surface area contributed by atoms with Gasteiger partial charge in [-0.05, 0) is 20.3 Å². The molecule has 3 heteroatoms. The van der Waals surface area contributed by atoms with Gasteiger partial charge in [0.2, 0.25) is 0 Å². The van der Waals surface area contributed by atoms with E-state index < -0.39 is 0 Å². The summed E-state index contributed by atoms with van der Waals surface area (Å²) in [6, 6.07) is 0.315. The summed E-state index contributed by atoms with van der Waals surface area (Å²) in [5.41, 5.74) is 0. The molecular formula is C7H15NOS. The molecule has 0 saturated heterocycles. The molecule has 1 amide bonds. The molecule has 0 N–H and O–H groups in total. The zero-order valence-corrected chi connectivity index (χ0v) is 7.69. The topological polar surface area (TPSA) is 20.3 Å². The Kier molecular flexibility index (Phi) is 4.52. The van der Waals surface area contributed by atoms with Crippen molar-refractivity contribution in [3.63, 3.8) is 0 Å². The van der Waals surface area contributed by atoms with Gasteiger partial charge in [0, 0.05) is 12.6 Å². The molecule has 0 saturated carbocycles. The molecule has 0 aliphatic heterocycles. The maximum absolute atomic E-state index is 10.8. The number of carbonyl (C=O) groups excluding carboxylic acids is 1. The van der Waals surface area contributed by atoms with Crippen molar-refractivity contribution >= 4 is 17.9 Å². The maximum atomic E-state index is 10.8. The molecule has 0 heterocycles. The van der Waals surface area contributed by atoms with Gasteiger partial charge in [0.15, 0.2) is 0 Å². The fourth-order valence-electron chi connectivity index (χ4n) is 0.856. The summed E-state index contributed by atoms with van der Waals surface area (Å²) >= 11 is 3.75. The van der Waals surface area contributed by atoms with Crippen LogP contribution < -0.4 is 0 Å². The summed E-state index contributed by atoms with van der Waals surface area (Å²) in [6.45, 7) is 6.79. The van der Waals surface area contributed by atoms with Crippen LogP contribution in [0.2, 0.25) is 0 Å². The van der Waals surface area contributed by atoms with E-state index in [-0.39, 0.29) is 5.24 Å².